The van der Waals surface area contributed by atoms with Gasteiger partial charge in [-0.2, -0.15) is 0 Å². The lowest BCUT2D eigenvalue weighted by Crippen LogP contribution is -2.45. The Morgan fingerprint density at radius 2 is 1.85 bits per heavy atom. The van der Waals surface area contributed by atoms with Crippen LogP contribution in [0.2, 0.25) is 0 Å². The van der Waals surface area contributed by atoms with E-state index in [2.05, 4.69) is 43.5 Å². The van der Waals surface area contributed by atoms with E-state index in [4.69, 9.17) is 4.74 Å². The predicted molar refractivity (Wildman–Crippen MR) is 134 cm³/mol. The van der Waals surface area contributed by atoms with Crippen LogP contribution < -0.4 is 15.4 Å². The van der Waals surface area contributed by atoms with Gasteiger partial charge in [0.15, 0.2) is 5.16 Å². The van der Waals surface area contributed by atoms with E-state index < -0.39 is 11.9 Å². The Bertz CT molecular complexity index is 1080. The first-order valence-corrected chi connectivity index (χ1v) is 12.2. The molecule has 0 saturated heterocycles. The maximum atomic E-state index is 13.1. The molecule has 2 aromatic carbocycles. The molecule has 0 aliphatic heterocycles. The molecule has 0 unspecified atom stereocenters. The molecule has 0 radical (unpaired) electrons. The van der Waals surface area contributed by atoms with Crippen LogP contribution in [0, 0.1) is 0 Å². The van der Waals surface area contributed by atoms with Crippen molar-refractivity contribution in [3.05, 3.63) is 76.5 Å². The molecule has 0 aliphatic rings. The highest BCUT2D eigenvalue weighted by atomic mass is 79.9. The topological polar surface area (TPSA) is 93.2 Å². The molecule has 1 atom stereocenters. The monoisotopic (exact) mass is 528 g/mol. The third-order valence-corrected chi connectivity index (χ3v) is 6.28. The molecule has 3 rings (SSSR count). The van der Waals surface area contributed by atoms with E-state index in [1.165, 1.54) is 11.8 Å². The first-order chi connectivity index (χ1) is 16.0. The highest BCUT2D eigenvalue weighted by Gasteiger charge is 2.24. The summed E-state index contributed by atoms with van der Waals surface area (Å²) < 4.78 is 5.63. The Morgan fingerprint density at radius 1 is 1.12 bits per heavy atom. The quantitative estimate of drug-likeness (QED) is 0.292. The Balaban J connectivity index is 1.80. The van der Waals surface area contributed by atoms with Crippen LogP contribution in [0.3, 0.4) is 0 Å². The molecule has 0 aliphatic carbocycles. The van der Waals surface area contributed by atoms with Gasteiger partial charge in [-0.15, -0.1) is 0 Å². The average molecular weight is 529 g/mol. The summed E-state index contributed by atoms with van der Waals surface area (Å²) in [6, 6.07) is 15.7. The van der Waals surface area contributed by atoms with Gasteiger partial charge in [0.2, 0.25) is 5.91 Å². The number of hydrogen-bond donors (Lipinski definition) is 2. The van der Waals surface area contributed by atoms with Crippen molar-refractivity contribution in [2.24, 2.45) is 0 Å². The summed E-state index contributed by atoms with van der Waals surface area (Å²) in [5, 5.41) is 6.23. The molecule has 7 nitrogen and oxygen atoms in total. The number of thioether (sulfide) groups is 1. The van der Waals surface area contributed by atoms with Crippen molar-refractivity contribution in [3.8, 4) is 5.75 Å². The Morgan fingerprint density at radius 3 is 2.52 bits per heavy atom. The van der Waals surface area contributed by atoms with E-state index in [1.807, 2.05) is 30.3 Å². The standard InChI is InChI=1S/C24H25BrN4O3S/c1-3-13-33-24-26-15-19(25)21(29-24)23(31)28-20(14-16-7-5-4-6-8-16)22(30)27-17-9-11-18(32-2)12-10-17/h4-12,15,20H,3,13-14H2,1-2H3,(H,27,30)(H,28,31)/t20-/m1/s1. The second-order valence-electron chi connectivity index (χ2n) is 7.13. The van der Waals surface area contributed by atoms with E-state index in [9.17, 15) is 9.59 Å². The van der Waals surface area contributed by atoms with Crippen molar-refractivity contribution in [1.29, 1.82) is 0 Å². The fourth-order valence-corrected chi connectivity index (χ4v) is 4.00. The second-order valence-corrected chi connectivity index (χ2v) is 9.05. The molecule has 9 heteroatoms. The lowest BCUT2D eigenvalue weighted by Gasteiger charge is -2.19. The van der Waals surface area contributed by atoms with Gasteiger partial charge in [0.05, 0.1) is 11.6 Å². The minimum absolute atomic E-state index is 0.193. The molecule has 2 amide bonds. The van der Waals surface area contributed by atoms with Gasteiger partial charge in [0.25, 0.3) is 5.91 Å². The molecule has 0 fully saturated rings. The number of nitrogens with zero attached hydrogens (tertiary/aromatic N) is 2. The molecule has 3 aromatic rings. The number of benzene rings is 2. The molecule has 2 N–H and O–H groups in total. The first kappa shape index (κ1) is 24.7. The van der Waals surface area contributed by atoms with Crippen molar-refractivity contribution in [2.45, 2.75) is 31.0 Å². The van der Waals surface area contributed by atoms with Crippen LogP contribution >= 0.6 is 27.7 Å². The maximum absolute atomic E-state index is 13.1. The summed E-state index contributed by atoms with van der Waals surface area (Å²) in [5.74, 6) is 0.757. The molecule has 0 bridgehead atoms. The normalized spacial score (nSPS) is 11.5. The second kappa shape index (κ2) is 12.4. The number of carbonyl (C=O) groups is 2. The smallest absolute Gasteiger partial charge is 0.271 e. The summed E-state index contributed by atoms with van der Waals surface area (Å²) >= 11 is 4.83. The first-order valence-electron chi connectivity index (χ1n) is 10.4. The molecule has 33 heavy (non-hydrogen) atoms. The molecular weight excluding hydrogens is 504 g/mol. The van der Waals surface area contributed by atoms with Gasteiger partial charge in [0.1, 0.15) is 17.5 Å². The molecule has 0 spiro atoms. The Labute approximate surface area is 205 Å². The summed E-state index contributed by atoms with van der Waals surface area (Å²) in [6.45, 7) is 2.06. The lowest BCUT2D eigenvalue weighted by atomic mass is 10.0. The van der Waals surface area contributed by atoms with Gasteiger partial charge in [-0.1, -0.05) is 49.0 Å². The zero-order valence-corrected chi connectivity index (χ0v) is 20.8. The summed E-state index contributed by atoms with van der Waals surface area (Å²) in [6.07, 6.45) is 2.86. The number of methoxy groups -OCH3 is 1. The summed E-state index contributed by atoms with van der Waals surface area (Å²) in [4.78, 5) is 34.8. The number of anilines is 1. The third kappa shape index (κ3) is 7.30. The molecule has 1 heterocycles. The van der Waals surface area contributed by atoms with Crippen LogP contribution in [0.5, 0.6) is 5.75 Å². The van der Waals surface area contributed by atoms with Crippen molar-refractivity contribution < 1.29 is 14.3 Å². The molecule has 1 aromatic heterocycles. The van der Waals surface area contributed by atoms with Gasteiger partial charge < -0.3 is 15.4 Å². The van der Waals surface area contributed by atoms with Gasteiger partial charge in [-0.3, -0.25) is 9.59 Å². The Kier molecular flexibility index (Phi) is 9.26. The average Bonchev–Trinajstić information content (AvgIpc) is 2.84. The van der Waals surface area contributed by atoms with Crippen LogP contribution in [-0.4, -0.2) is 40.7 Å². The zero-order chi connectivity index (χ0) is 23.6. The number of rotatable bonds is 10. The van der Waals surface area contributed by atoms with Gasteiger partial charge in [0, 0.05) is 24.1 Å². The van der Waals surface area contributed by atoms with Gasteiger partial charge in [-0.25, -0.2) is 9.97 Å². The highest BCUT2D eigenvalue weighted by molar-refractivity contribution is 9.10. The van der Waals surface area contributed by atoms with Crippen molar-refractivity contribution in [3.63, 3.8) is 0 Å². The van der Waals surface area contributed by atoms with Crippen molar-refractivity contribution >= 4 is 45.2 Å². The molecule has 0 saturated carbocycles. The summed E-state index contributed by atoms with van der Waals surface area (Å²) in [5.41, 5.74) is 1.72. The van der Waals surface area contributed by atoms with Gasteiger partial charge >= 0.3 is 0 Å². The lowest BCUT2D eigenvalue weighted by molar-refractivity contribution is -0.118. The van der Waals surface area contributed by atoms with Crippen molar-refractivity contribution in [1.82, 2.24) is 15.3 Å². The van der Waals surface area contributed by atoms with Crippen molar-refractivity contribution in [2.75, 3.05) is 18.2 Å². The number of amides is 2. The predicted octanol–water partition coefficient (Wildman–Crippen LogP) is 4.73. The molecule has 172 valence electrons. The highest BCUT2D eigenvalue weighted by Crippen LogP contribution is 2.20. The van der Waals surface area contributed by atoms with Crippen LogP contribution in [-0.2, 0) is 11.2 Å². The van der Waals surface area contributed by atoms with E-state index in [0.29, 0.717) is 27.5 Å². The SMILES string of the molecule is CCCSc1ncc(Br)c(C(=O)N[C@H](Cc2ccccc2)C(=O)Nc2ccc(OC)cc2)n1. The maximum Gasteiger partial charge on any atom is 0.271 e. The number of nitrogens with one attached hydrogen (secondary N) is 2. The van der Waals surface area contributed by atoms with Crippen LogP contribution in [0.1, 0.15) is 29.4 Å². The van der Waals surface area contributed by atoms with Crippen LogP contribution in [0.15, 0.2) is 70.4 Å². The molecular formula is C24H25BrN4O3S. The third-order valence-electron chi connectivity index (χ3n) is 4.63. The summed E-state index contributed by atoms with van der Waals surface area (Å²) in [7, 11) is 1.58. The van der Waals surface area contributed by atoms with Gasteiger partial charge in [-0.05, 0) is 52.2 Å². The Hall–Kier alpha value is -2.91. The fourth-order valence-electron chi connectivity index (χ4n) is 2.96. The number of halogens is 1. The largest absolute Gasteiger partial charge is 0.497 e. The zero-order valence-electron chi connectivity index (χ0n) is 18.4. The van der Waals surface area contributed by atoms with E-state index >= 15 is 0 Å². The number of carbonyl (C=O) groups excluding carboxylic acids is 2. The van der Waals surface area contributed by atoms with Crippen LogP contribution in [0.4, 0.5) is 5.69 Å². The van der Waals surface area contributed by atoms with Crippen LogP contribution in [0.25, 0.3) is 0 Å². The number of ether oxygens (including phenoxy) is 1. The van der Waals surface area contributed by atoms with E-state index in [0.717, 1.165) is 17.7 Å². The minimum atomic E-state index is -0.810. The number of aromatic nitrogens is 2. The minimum Gasteiger partial charge on any atom is -0.497 e. The van der Waals surface area contributed by atoms with E-state index in [1.54, 1.807) is 37.6 Å². The fraction of sp³-hybridized carbons (Fsp3) is 0.250. The number of hydrogen-bond acceptors (Lipinski definition) is 6. The van der Waals surface area contributed by atoms with E-state index in [-0.39, 0.29) is 11.6 Å².